The van der Waals surface area contributed by atoms with Gasteiger partial charge in [0.05, 0.1) is 11.6 Å². The van der Waals surface area contributed by atoms with Crippen LogP contribution in [0.3, 0.4) is 0 Å². The Labute approximate surface area is 240 Å². The quantitative estimate of drug-likeness (QED) is 0.331. The molecule has 3 aliphatic rings. The minimum Gasteiger partial charge on any atom is -0.508 e. The summed E-state index contributed by atoms with van der Waals surface area (Å²) in [6.07, 6.45) is 0.146. The minimum atomic E-state index is -2.69. The highest BCUT2D eigenvalue weighted by atomic mass is 32.2. The number of aliphatic hydroxyl groups excluding tert-OH is 2. The molecular formula is C30H30N2O8S. The van der Waals surface area contributed by atoms with Crippen molar-refractivity contribution in [3.05, 3.63) is 70.0 Å². The van der Waals surface area contributed by atoms with Crippen LogP contribution < -0.4 is 5.73 Å². The minimum absolute atomic E-state index is 0.00143. The van der Waals surface area contributed by atoms with Crippen molar-refractivity contribution in [3.63, 3.8) is 0 Å². The fourth-order valence-electron chi connectivity index (χ4n) is 6.54. The van der Waals surface area contributed by atoms with Crippen LogP contribution in [0.2, 0.25) is 0 Å². The Balaban J connectivity index is 1.70. The molecule has 0 bridgehead atoms. The number of hydrogen-bond acceptors (Lipinski definition) is 10. The average Bonchev–Trinajstić information content (AvgIpc) is 2.90. The van der Waals surface area contributed by atoms with Gasteiger partial charge in [-0.1, -0.05) is 43.0 Å². The summed E-state index contributed by atoms with van der Waals surface area (Å²) in [6, 6.07) is 8.87. The highest BCUT2D eigenvalue weighted by Crippen LogP contribution is 2.53. The monoisotopic (exact) mass is 578 g/mol. The van der Waals surface area contributed by atoms with Crippen LogP contribution in [-0.4, -0.2) is 79.4 Å². The molecule has 0 aromatic heterocycles. The summed E-state index contributed by atoms with van der Waals surface area (Å²) in [7, 11) is 3.10. The fraction of sp³-hybridized carbons (Fsp3) is 0.333. The maximum atomic E-state index is 14.0. The lowest BCUT2D eigenvalue weighted by Gasteiger charge is -2.50. The van der Waals surface area contributed by atoms with Gasteiger partial charge >= 0.3 is 0 Å². The molecule has 0 saturated heterocycles. The Hall–Kier alpha value is -3.93. The SMILES string of the molecule is CCSC(=O)c1cccc(-c2ccc(O)c3c2C[C@H]2C[C@H]4[C@H](N(C)C)C(=O)C(C(N)=O)=C(O)[C@@]4(O)C(=O)C2=C3O)c1. The highest BCUT2D eigenvalue weighted by molar-refractivity contribution is 8.14. The molecule has 2 aromatic carbocycles. The number of likely N-dealkylation sites (N-methyl/N-ethyl adjacent to an activating group) is 1. The fourth-order valence-corrected chi connectivity index (χ4v) is 7.10. The van der Waals surface area contributed by atoms with Gasteiger partial charge in [-0.2, -0.15) is 0 Å². The Morgan fingerprint density at radius 3 is 2.46 bits per heavy atom. The third-order valence-corrected chi connectivity index (χ3v) is 9.08. The van der Waals surface area contributed by atoms with Gasteiger partial charge in [-0.05, 0) is 67.4 Å². The zero-order valence-corrected chi connectivity index (χ0v) is 23.5. The van der Waals surface area contributed by atoms with Gasteiger partial charge in [-0.25, -0.2) is 0 Å². The van der Waals surface area contributed by atoms with Gasteiger partial charge in [0.2, 0.25) is 10.9 Å². The molecule has 6 N–H and O–H groups in total. The summed E-state index contributed by atoms with van der Waals surface area (Å²) < 4.78 is 0. The van der Waals surface area contributed by atoms with Gasteiger partial charge in [0.15, 0.2) is 11.4 Å². The molecule has 10 nitrogen and oxygen atoms in total. The predicted octanol–water partition coefficient (Wildman–Crippen LogP) is 2.52. The number of nitrogens with two attached hydrogens (primary N) is 1. The molecule has 0 heterocycles. The number of hydrogen-bond donors (Lipinski definition) is 5. The molecule has 0 aliphatic heterocycles. The number of Topliss-reactive ketones (excluding diaryl/α,β-unsaturated/α-hetero) is 2. The number of aliphatic hydroxyl groups is 3. The van der Waals surface area contributed by atoms with Gasteiger partial charge in [0.1, 0.15) is 22.8 Å². The number of amides is 1. The van der Waals surface area contributed by atoms with Crippen LogP contribution in [0.25, 0.3) is 16.9 Å². The molecule has 2 aromatic rings. The van der Waals surface area contributed by atoms with E-state index in [4.69, 9.17) is 5.73 Å². The first-order valence-corrected chi connectivity index (χ1v) is 14.1. The molecular weight excluding hydrogens is 548 g/mol. The van der Waals surface area contributed by atoms with E-state index in [1.54, 1.807) is 44.4 Å². The molecule has 214 valence electrons. The molecule has 1 saturated carbocycles. The number of benzene rings is 2. The van der Waals surface area contributed by atoms with E-state index in [1.165, 1.54) is 22.7 Å². The number of rotatable bonds is 5. The van der Waals surface area contributed by atoms with E-state index in [1.807, 2.05) is 6.92 Å². The van der Waals surface area contributed by atoms with Crippen LogP contribution in [0, 0.1) is 11.8 Å². The van der Waals surface area contributed by atoms with Gasteiger partial charge in [0.25, 0.3) is 5.91 Å². The standard InChI is InChI=1S/C30H30N2O8S/c1-4-41-29(39)14-7-5-6-13(10-14)16-8-9-19(33)21-17(16)11-15-12-18-23(32(2)3)25(35)22(28(31)38)27(37)30(18,40)26(36)20(15)24(21)34/h5-10,15,18,23,33-34,37,40H,4,11-12H2,1-3H3,(H2,31,38)/t15-,18-,23-,30-/m0/s1. The molecule has 0 spiro atoms. The number of fused-ring (bicyclic) bond motifs is 3. The predicted molar refractivity (Wildman–Crippen MR) is 152 cm³/mol. The number of aromatic hydroxyl groups is 1. The molecule has 0 unspecified atom stereocenters. The average molecular weight is 579 g/mol. The lowest BCUT2D eigenvalue weighted by molar-refractivity contribution is -0.153. The molecule has 1 fully saturated rings. The lowest BCUT2D eigenvalue weighted by atomic mass is 9.57. The Kier molecular flexibility index (Phi) is 7.09. The third-order valence-electron chi connectivity index (χ3n) is 8.29. The topological polar surface area (TPSA) is 178 Å². The summed E-state index contributed by atoms with van der Waals surface area (Å²) in [5.41, 5.74) is 3.93. The maximum absolute atomic E-state index is 14.0. The first-order chi connectivity index (χ1) is 19.3. The smallest absolute Gasteiger partial charge is 0.255 e. The summed E-state index contributed by atoms with van der Waals surface area (Å²) >= 11 is 1.18. The van der Waals surface area contributed by atoms with Crippen molar-refractivity contribution in [1.29, 1.82) is 0 Å². The van der Waals surface area contributed by atoms with E-state index in [2.05, 4.69) is 0 Å². The second-order valence-electron chi connectivity index (χ2n) is 10.7. The number of primary amides is 1. The van der Waals surface area contributed by atoms with Gasteiger partial charge < -0.3 is 26.2 Å². The third kappa shape index (κ3) is 4.18. The molecule has 0 radical (unpaired) electrons. The van der Waals surface area contributed by atoms with Crippen LogP contribution in [-0.2, 0) is 20.8 Å². The largest absolute Gasteiger partial charge is 0.508 e. The van der Waals surface area contributed by atoms with Crippen molar-refractivity contribution in [1.82, 2.24) is 4.90 Å². The van der Waals surface area contributed by atoms with E-state index in [0.717, 1.165) is 0 Å². The molecule has 4 atom stereocenters. The van der Waals surface area contributed by atoms with Crippen LogP contribution in [0.5, 0.6) is 5.75 Å². The number of phenols is 1. The molecule has 41 heavy (non-hydrogen) atoms. The van der Waals surface area contributed by atoms with E-state index in [9.17, 15) is 39.6 Å². The summed E-state index contributed by atoms with van der Waals surface area (Å²) in [6.45, 7) is 1.88. The molecule has 5 rings (SSSR count). The number of carbonyl (C=O) groups excluding carboxylic acids is 4. The zero-order chi connectivity index (χ0) is 30.0. The maximum Gasteiger partial charge on any atom is 0.255 e. The second-order valence-corrected chi connectivity index (χ2v) is 12.0. The van der Waals surface area contributed by atoms with Crippen molar-refractivity contribution < 1.29 is 39.6 Å². The highest BCUT2D eigenvalue weighted by Gasteiger charge is 2.64. The van der Waals surface area contributed by atoms with Crippen molar-refractivity contribution in [2.24, 2.45) is 17.6 Å². The van der Waals surface area contributed by atoms with Crippen molar-refractivity contribution >= 4 is 40.1 Å². The number of carbonyl (C=O) groups is 4. The van der Waals surface area contributed by atoms with E-state index in [0.29, 0.717) is 28.0 Å². The van der Waals surface area contributed by atoms with Crippen LogP contribution in [0.15, 0.2) is 53.3 Å². The molecule has 11 heteroatoms. The van der Waals surface area contributed by atoms with E-state index < -0.39 is 58.0 Å². The van der Waals surface area contributed by atoms with Crippen molar-refractivity contribution in [2.45, 2.75) is 31.4 Å². The lowest BCUT2D eigenvalue weighted by Crippen LogP contribution is -2.65. The number of nitrogens with zero attached hydrogens (tertiary/aromatic N) is 1. The zero-order valence-electron chi connectivity index (χ0n) is 22.7. The summed E-state index contributed by atoms with van der Waals surface area (Å²) in [5, 5.41) is 44.8. The second kappa shape index (κ2) is 10.2. The molecule has 1 amide bonds. The van der Waals surface area contributed by atoms with E-state index in [-0.39, 0.29) is 34.8 Å². The van der Waals surface area contributed by atoms with Gasteiger partial charge in [0, 0.05) is 17.1 Å². The van der Waals surface area contributed by atoms with Crippen LogP contribution in [0.1, 0.15) is 34.8 Å². The summed E-state index contributed by atoms with van der Waals surface area (Å²) in [4.78, 5) is 53.4. The summed E-state index contributed by atoms with van der Waals surface area (Å²) in [5.74, 6) is -6.38. The Morgan fingerprint density at radius 2 is 1.83 bits per heavy atom. The van der Waals surface area contributed by atoms with Crippen LogP contribution >= 0.6 is 11.8 Å². The molecule has 3 aliphatic carbocycles. The van der Waals surface area contributed by atoms with Crippen molar-refractivity contribution in [2.75, 3.05) is 19.8 Å². The first kappa shape index (κ1) is 28.6. The Bertz CT molecular complexity index is 1590. The normalized spacial score (nSPS) is 25.6. The number of phenolic OH excluding ortho intramolecular Hbond substituents is 1. The number of ketones is 2. The Morgan fingerprint density at radius 1 is 1.12 bits per heavy atom. The number of thioether (sulfide) groups is 1. The van der Waals surface area contributed by atoms with Crippen LogP contribution in [0.4, 0.5) is 0 Å². The van der Waals surface area contributed by atoms with Gasteiger partial charge in [-0.15, -0.1) is 0 Å². The van der Waals surface area contributed by atoms with Gasteiger partial charge in [-0.3, -0.25) is 24.1 Å². The van der Waals surface area contributed by atoms with Crippen molar-refractivity contribution in [3.8, 4) is 16.9 Å². The first-order valence-electron chi connectivity index (χ1n) is 13.1. The van der Waals surface area contributed by atoms with E-state index >= 15 is 0 Å².